The molecule has 0 fully saturated rings. The molecule has 4 rings (SSSR count). The van der Waals surface area contributed by atoms with E-state index in [0.29, 0.717) is 28.8 Å². The standard InChI is InChI=1S/C21H27BrClN5O2Si/c1-14(16-9-24-12-27(16)13-29-7-8-31(2,3)4)28-10-18(22)30-17-6-5-15(23)20-19(17)21(28)26-11-25-20/h5-6,9-10,12,14,26H,7-8,11,13H2,1-4H3. The van der Waals surface area contributed by atoms with E-state index in [0.717, 1.165) is 34.7 Å². The highest BCUT2D eigenvalue weighted by Crippen LogP contribution is 2.29. The molecule has 1 atom stereocenters. The van der Waals surface area contributed by atoms with Gasteiger partial charge in [0.1, 0.15) is 25.0 Å². The molecule has 0 aliphatic carbocycles. The van der Waals surface area contributed by atoms with Gasteiger partial charge in [0.15, 0.2) is 4.67 Å². The third-order valence-electron chi connectivity index (χ3n) is 5.33. The maximum absolute atomic E-state index is 6.44. The van der Waals surface area contributed by atoms with Crippen LogP contribution >= 0.6 is 27.5 Å². The fourth-order valence-electron chi connectivity index (χ4n) is 3.60. The first kappa shape index (κ1) is 22.4. The average molecular weight is 525 g/mol. The van der Waals surface area contributed by atoms with Crippen LogP contribution in [0.2, 0.25) is 30.7 Å². The second-order valence-electron chi connectivity index (χ2n) is 8.87. The number of nitrogens with zero attached hydrogens (tertiary/aromatic N) is 4. The van der Waals surface area contributed by atoms with E-state index in [1.807, 2.05) is 30.9 Å². The van der Waals surface area contributed by atoms with Crippen LogP contribution in [-0.2, 0) is 11.5 Å². The number of aromatic nitrogens is 2. The van der Waals surface area contributed by atoms with Crippen molar-refractivity contribution in [2.24, 2.45) is 4.99 Å². The van der Waals surface area contributed by atoms with Crippen molar-refractivity contribution in [1.29, 1.82) is 0 Å². The fourth-order valence-corrected chi connectivity index (χ4v) is 4.97. The Labute approximate surface area is 196 Å². The van der Waals surface area contributed by atoms with Crippen molar-refractivity contribution in [2.75, 3.05) is 13.3 Å². The number of rotatable bonds is 7. The minimum absolute atomic E-state index is 0.0439. The lowest BCUT2D eigenvalue weighted by molar-refractivity contribution is 0.0833. The zero-order valence-corrected chi connectivity index (χ0v) is 21.5. The lowest BCUT2D eigenvalue weighted by Crippen LogP contribution is -2.44. The molecule has 31 heavy (non-hydrogen) atoms. The summed E-state index contributed by atoms with van der Waals surface area (Å²) >= 11 is 9.98. The van der Waals surface area contributed by atoms with Gasteiger partial charge < -0.3 is 24.3 Å². The summed E-state index contributed by atoms with van der Waals surface area (Å²) < 4.78 is 14.6. The summed E-state index contributed by atoms with van der Waals surface area (Å²) in [6.45, 7) is 10.9. The van der Waals surface area contributed by atoms with Crippen molar-refractivity contribution in [3.63, 3.8) is 0 Å². The summed E-state index contributed by atoms with van der Waals surface area (Å²) in [4.78, 5) is 11.1. The van der Waals surface area contributed by atoms with Gasteiger partial charge >= 0.3 is 0 Å². The number of hydrogen-bond acceptors (Lipinski definition) is 6. The number of ether oxygens (including phenoxy) is 2. The highest BCUT2D eigenvalue weighted by Gasteiger charge is 2.27. The number of hydrogen-bond donors (Lipinski definition) is 1. The topological polar surface area (TPSA) is 63.9 Å². The van der Waals surface area contributed by atoms with E-state index in [-0.39, 0.29) is 6.04 Å². The van der Waals surface area contributed by atoms with Gasteiger partial charge in [-0.1, -0.05) is 31.2 Å². The van der Waals surface area contributed by atoms with Crippen molar-refractivity contribution in [1.82, 2.24) is 19.8 Å². The molecule has 0 radical (unpaired) electrons. The molecule has 166 valence electrons. The van der Waals surface area contributed by atoms with E-state index in [1.54, 1.807) is 0 Å². The summed E-state index contributed by atoms with van der Waals surface area (Å²) in [7, 11) is -1.12. The second-order valence-corrected chi connectivity index (χ2v) is 15.7. The normalized spacial score (nSPS) is 16.5. The average Bonchev–Trinajstić information content (AvgIpc) is 3.13. The Kier molecular flexibility index (Phi) is 6.48. The van der Waals surface area contributed by atoms with E-state index in [9.17, 15) is 0 Å². The molecule has 2 aromatic rings. The molecule has 2 aliphatic heterocycles. The number of nitrogens with one attached hydrogen (secondary N) is 1. The van der Waals surface area contributed by atoms with Crippen LogP contribution in [0.3, 0.4) is 0 Å². The van der Waals surface area contributed by atoms with Crippen molar-refractivity contribution in [3.05, 3.63) is 56.8 Å². The van der Waals surface area contributed by atoms with Gasteiger partial charge in [-0.25, -0.2) is 4.98 Å². The predicted octanol–water partition coefficient (Wildman–Crippen LogP) is 3.74. The molecule has 3 heterocycles. The van der Waals surface area contributed by atoms with Crippen molar-refractivity contribution < 1.29 is 9.47 Å². The molecular weight excluding hydrogens is 498 g/mol. The second kappa shape index (κ2) is 8.97. The molecule has 1 aromatic heterocycles. The Morgan fingerprint density at radius 1 is 1.35 bits per heavy atom. The number of halogens is 2. The predicted molar refractivity (Wildman–Crippen MR) is 128 cm³/mol. The molecule has 0 saturated carbocycles. The van der Waals surface area contributed by atoms with E-state index in [2.05, 4.69) is 67.3 Å². The lowest BCUT2D eigenvalue weighted by Gasteiger charge is -2.31. The molecule has 1 unspecified atom stereocenters. The number of imidazole rings is 1. The van der Waals surface area contributed by atoms with Crippen molar-refractivity contribution in [2.45, 2.75) is 45.4 Å². The van der Waals surface area contributed by atoms with E-state index >= 15 is 0 Å². The van der Waals surface area contributed by atoms with Gasteiger partial charge in [0.2, 0.25) is 0 Å². The van der Waals surface area contributed by atoms with Crippen LogP contribution < -0.4 is 20.6 Å². The molecule has 0 spiro atoms. The molecule has 10 heteroatoms. The van der Waals surface area contributed by atoms with Gasteiger partial charge in [-0.15, -0.1) is 0 Å². The molecule has 0 bridgehead atoms. The largest absolute Gasteiger partial charge is 0.448 e. The molecule has 2 aliphatic rings. The van der Waals surface area contributed by atoms with Gasteiger partial charge in [-0.2, -0.15) is 0 Å². The summed E-state index contributed by atoms with van der Waals surface area (Å²) in [5.74, 6) is 1.60. The van der Waals surface area contributed by atoms with Crippen LogP contribution in [0.5, 0.6) is 5.75 Å². The molecule has 0 amide bonds. The lowest BCUT2D eigenvalue weighted by atomic mass is 10.2. The van der Waals surface area contributed by atoms with Gasteiger partial charge in [-0.05, 0) is 41.0 Å². The fraction of sp³-hybridized carbons (Fsp3) is 0.429. The zero-order valence-electron chi connectivity index (χ0n) is 18.2. The maximum Gasteiger partial charge on any atom is 0.185 e. The number of benzene rings is 1. The Morgan fingerprint density at radius 3 is 2.94 bits per heavy atom. The smallest absolute Gasteiger partial charge is 0.185 e. The maximum atomic E-state index is 6.44. The summed E-state index contributed by atoms with van der Waals surface area (Å²) in [6.07, 6.45) is 5.63. The van der Waals surface area contributed by atoms with Crippen LogP contribution in [0.15, 0.2) is 40.5 Å². The first-order chi connectivity index (χ1) is 14.7. The summed E-state index contributed by atoms with van der Waals surface area (Å²) in [6, 6.07) is 4.77. The highest BCUT2D eigenvalue weighted by atomic mass is 79.9. The van der Waals surface area contributed by atoms with Crippen LogP contribution in [0.1, 0.15) is 18.7 Å². The molecule has 1 N–H and O–H groups in total. The Hall–Kier alpha value is -1.81. The minimum Gasteiger partial charge on any atom is -0.448 e. The molecule has 7 nitrogen and oxygen atoms in total. The molecular formula is C21H27BrClN5O2Si. The summed E-state index contributed by atoms with van der Waals surface area (Å²) in [5.41, 5.74) is 1.04. The van der Waals surface area contributed by atoms with Crippen LogP contribution in [0.4, 0.5) is 0 Å². The highest BCUT2D eigenvalue weighted by molar-refractivity contribution is 9.11. The van der Waals surface area contributed by atoms with E-state index in [1.165, 1.54) is 0 Å². The van der Waals surface area contributed by atoms with Gasteiger partial charge in [-0.3, -0.25) is 4.99 Å². The van der Waals surface area contributed by atoms with Crippen LogP contribution in [0, 0.1) is 0 Å². The SMILES string of the molecule is CC(c1cncn1COCC[Si](C)(C)C)N1C=C(Br)Oc2ccc(Cl)c3c2=C1NCN=3. The first-order valence-corrected chi connectivity index (χ1v) is 15.1. The van der Waals surface area contributed by atoms with Crippen molar-refractivity contribution >= 4 is 41.4 Å². The zero-order chi connectivity index (χ0) is 22.2. The van der Waals surface area contributed by atoms with Crippen LogP contribution in [0.25, 0.3) is 5.82 Å². The Morgan fingerprint density at radius 2 is 2.16 bits per heavy atom. The first-order valence-electron chi connectivity index (χ1n) is 10.3. The summed E-state index contributed by atoms with van der Waals surface area (Å²) in [5, 5.41) is 5.60. The Balaban J connectivity index is 1.66. The van der Waals surface area contributed by atoms with E-state index in [4.69, 9.17) is 21.1 Å². The molecule has 1 aromatic carbocycles. The monoisotopic (exact) mass is 523 g/mol. The van der Waals surface area contributed by atoms with Crippen LogP contribution in [-0.4, -0.2) is 35.8 Å². The third kappa shape index (κ3) is 4.84. The van der Waals surface area contributed by atoms with E-state index < -0.39 is 8.07 Å². The molecule has 0 saturated heterocycles. The quantitative estimate of drug-likeness (QED) is 0.442. The Bertz CT molecular complexity index is 1130. The van der Waals surface area contributed by atoms with Crippen molar-refractivity contribution in [3.8, 4) is 5.75 Å². The third-order valence-corrected chi connectivity index (χ3v) is 7.71. The van der Waals surface area contributed by atoms with Gasteiger partial charge in [0, 0.05) is 14.7 Å². The van der Waals surface area contributed by atoms with Gasteiger partial charge in [0.25, 0.3) is 0 Å². The van der Waals surface area contributed by atoms with Gasteiger partial charge in [0.05, 0.1) is 46.1 Å². The minimum atomic E-state index is -1.12.